The highest BCUT2D eigenvalue weighted by molar-refractivity contribution is 6.30. The van der Waals surface area contributed by atoms with Crippen molar-refractivity contribution in [2.24, 2.45) is 5.22 Å². The molecular formula is C23H24ClN7O4. The minimum Gasteiger partial charge on any atom is -0.461 e. The summed E-state index contributed by atoms with van der Waals surface area (Å²) in [6.45, 7) is 3.55. The number of urea groups is 2. The Bertz CT molecular complexity index is 1290. The first-order valence-electron chi connectivity index (χ1n) is 10.9. The van der Waals surface area contributed by atoms with Gasteiger partial charge in [-0.2, -0.15) is 5.53 Å². The van der Waals surface area contributed by atoms with Crippen LogP contribution in [0.2, 0.25) is 5.02 Å². The van der Waals surface area contributed by atoms with Crippen molar-refractivity contribution < 1.29 is 18.8 Å². The zero-order valence-electron chi connectivity index (χ0n) is 19.1. The molecule has 4 N–H and O–H groups in total. The molecule has 1 aliphatic heterocycles. The number of carbonyl (C=O) groups is 3. The summed E-state index contributed by atoms with van der Waals surface area (Å²) in [7, 11) is 0. The molecule has 3 aromatic rings. The van der Waals surface area contributed by atoms with Gasteiger partial charge in [0.05, 0.1) is 6.54 Å². The molecule has 2 heterocycles. The van der Waals surface area contributed by atoms with Crippen molar-refractivity contribution >= 4 is 46.2 Å². The number of hydrogen-bond acceptors (Lipinski definition) is 7. The van der Waals surface area contributed by atoms with E-state index in [2.05, 4.69) is 15.9 Å². The average Bonchev–Trinajstić information content (AvgIpc) is 3.15. The molecule has 1 fully saturated rings. The summed E-state index contributed by atoms with van der Waals surface area (Å²) in [6, 6.07) is 11.0. The third-order valence-corrected chi connectivity index (χ3v) is 5.95. The molecule has 1 aliphatic rings. The average molecular weight is 498 g/mol. The fourth-order valence-electron chi connectivity index (χ4n) is 3.92. The molecule has 1 aromatic heterocycles. The minimum absolute atomic E-state index is 0.127. The van der Waals surface area contributed by atoms with E-state index in [4.69, 9.17) is 21.5 Å². The van der Waals surface area contributed by atoms with E-state index in [1.54, 1.807) is 30.3 Å². The molecule has 1 unspecified atom stereocenters. The first-order valence-corrected chi connectivity index (χ1v) is 11.3. The minimum atomic E-state index is -0.902. The van der Waals surface area contributed by atoms with Gasteiger partial charge in [0.25, 0.3) is 5.91 Å². The molecule has 0 aliphatic carbocycles. The molecule has 182 valence electrons. The topological polar surface area (TPSA) is 143 Å². The van der Waals surface area contributed by atoms with Crippen molar-refractivity contribution in [3.05, 3.63) is 64.4 Å². The molecule has 0 radical (unpaired) electrons. The highest BCUT2D eigenvalue weighted by atomic mass is 35.5. The first-order chi connectivity index (χ1) is 16.8. The molecule has 12 heteroatoms. The van der Waals surface area contributed by atoms with E-state index in [-0.39, 0.29) is 6.54 Å². The number of hydrogen-bond donors (Lipinski definition) is 4. The second-order valence-corrected chi connectivity index (χ2v) is 8.42. The van der Waals surface area contributed by atoms with E-state index < -0.39 is 30.8 Å². The van der Waals surface area contributed by atoms with Gasteiger partial charge in [-0.25, -0.2) is 19.9 Å². The van der Waals surface area contributed by atoms with Crippen LogP contribution < -0.4 is 16.1 Å². The molecule has 1 saturated heterocycles. The van der Waals surface area contributed by atoms with E-state index in [0.29, 0.717) is 10.7 Å². The smallest absolute Gasteiger partial charge is 0.332 e. The highest BCUT2D eigenvalue weighted by Gasteiger charge is 2.39. The van der Waals surface area contributed by atoms with Crippen LogP contribution in [0.25, 0.3) is 11.0 Å². The molecule has 1 atom stereocenters. The SMILES string of the molecule is CCc1oc2ccc(NC3NC(=O)N(CC(=O)NN=N)C(=O)N3Cc3ccc(Cl)cc3)cc2c1C. The molecule has 5 amide bonds. The Morgan fingerprint density at radius 3 is 2.66 bits per heavy atom. The lowest BCUT2D eigenvalue weighted by Crippen LogP contribution is -2.67. The number of imide groups is 1. The predicted molar refractivity (Wildman–Crippen MR) is 129 cm³/mol. The fraction of sp³-hybridized carbons (Fsp3) is 0.261. The van der Waals surface area contributed by atoms with E-state index in [1.165, 1.54) is 4.90 Å². The molecule has 4 rings (SSSR count). The van der Waals surface area contributed by atoms with Gasteiger partial charge >= 0.3 is 12.1 Å². The van der Waals surface area contributed by atoms with Crippen molar-refractivity contribution in [3.8, 4) is 0 Å². The van der Waals surface area contributed by atoms with E-state index in [1.807, 2.05) is 31.4 Å². The van der Waals surface area contributed by atoms with Gasteiger partial charge in [-0.3, -0.25) is 15.0 Å². The summed E-state index contributed by atoms with van der Waals surface area (Å²) in [6.07, 6.45) is -0.136. The summed E-state index contributed by atoms with van der Waals surface area (Å²) in [4.78, 5) is 40.1. The van der Waals surface area contributed by atoms with Gasteiger partial charge in [0.1, 0.15) is 17.9 Å². The van der Waals surface area contributed by atoms with Crippen LogP contribution in [0, 0.1) is 12.5 Å². The molecule has 2 aromatic carbocycles. The summed E-state index contributed by atoms with van der Waals surface area (Å²) < 4.78 is 5.87. The Labute approximate surface area is 205 Å². The van der Waals surface area contributed by atoms with Gasteiger partial charge in [-0.15, -0.1) is 0 Å². The standard InChI is InChI=1S/C23H24ClN7O4/c1-3-18-13(2)17-10-16(8-9-19(17)35-18)26-21-27-22(33)31(12-20(32)28-29-25)23(34)30(21)11-14-4-6-15(24)7-5-14/h4-10,21,26H,3,11-12H2,1-2H3,(H,27,33)(H2,25,28,32). The third-order valence-electron chi connectivity index (χ3n) is 5.70. The van der Waals surface area contributed by atoms with Crippen LogP contribution in [0.5, 0.6) is 0 Å². The second-order valence-electron chi connectivity index (χ2n) is 7.98. The van der Waals surface area contributed by atoms with Gasteiger partial charge in [-0.05, 0) is 48.4 Å². The number of fused-ring (bicyclic) bond motifs is 1. The summed E-state index contributed by atoms with van der Waals surface area (Å²) in [5.41, 5.74) is 11.9. The van der Waals surface area contributed by atoms with Crippen LogP contribution in [0.4, 0.5) is 15.3 Å². The van der Waals surface area contributed by atoms with Crippen molar-refractivity contribution in [3.63, 3.8) is 0 Å². The lowest BCUT2D eigenvalue weighted by atomic mass is 10.1. The Balaban J connectivity index is 1.63. The van der Waals surface area contributed by atoms with Crippen LogP contribution in [-0.4, -0.2) is 40.6 Å². The quantitative estimate of drug-likeness (QED) is 0.270. The zero-order valence-corrected chi connectivity index (χ0v) is 19.8. The van der Waals surface area contributed by atoms with E-state index in [9.17, 15) is 14.4 Å². The number of benzene rings is 2. The van der Waals surface area contributed by atoms with Gasteiger partial charge in [0.15, 0.2) is 6.29 Å². The number of anilines is 1. The van der Waals surface area contributed by atoms with Crippen LogP contribution in [0.15, 0.2) is 52.1 Å². The number of nitrogens with zero attached hydrogens (tertiary/aromatic N) is 3. The number of aryl methyl sites for hydroxylation is 2. The van der Waals surface area contributed by atoms with Crippen molar-refractivity contribution in [2.45, 2.75) is 33.1 Å². The monoisotopic (exact) mass is 497 g/mol. The van der Waals surface area contributed by atoms with Gasteiger partial charge in [0.2, 0.25) is 0 Å². The maximum atomic E-state index is 13.3. The normalized spacial score (nSPS) is 15.8. The van der Waals surface area contributed by atoms with Crippen LogP contribution in [-0.2, 0) is 17.8 Å². The number of furan rings is 1. The van der Waals surface area contributed by atoms with E-state index >= 15 is 0 Å². The number of amides is 5. The summed E-state index contributed by atoms with van der Waals surface area (Å²) in [5, 5.41) is 10.2. The first kappa shape index (κ1) is 24.0. The summed E-state index contributed by atoms with van der Waals surface area (Å²) in [5.74, 6) is 0.130. The third kappa shape index (κ3) is 5.04. The van der Waals surface area contributed by atoms with Crippen LogP contribution in [0.3, 0.4) is 0 Å². The Morgan fingerprint density at radius 1 is 1.23 bits per heavy atom. The molecule has 35 heavy (non-hydrogen) atoms. The number of halogens is 1. The fourth-order valence-corrected chi connectivity index (χ4v) is 4.05. The van der Waals surface area contributed by atoms with Crippen LogP contribution >= 0.6 is 11.6 Å². The van der Waals surface area contributed by atoms with Crippen molar-refractivity contribution in [1.29, 1.82) is 5.53 Å². The van der Waals surface area contributed by atoms with Crippen molar-refractivity contribution in [2.75, 3.05) is 11.9 Å². The molecule has 0 spiro atoms. The van der Waals surface area contributed by atoms with Crippen molar-refractivity contribution in [1.82, 2.24) is 20.5 Å². The van der Waals surface area contributed by atoms with Gasteiger partial charge in [0, 0.05) is 22.5 Å². The number of carbonyl (C=O) groups excluding carboxylic acids is 3. The Hall–Kier alpha value is -4.12. The molecule has 0 bridgehead atoms. The predicted octanol–water partition coefficient (Wildman–Crippen LogP) is 4.36. The summed E-state index contributed by atoms with van der Waals surface area (Å²) >= 11 is 5.99. The molecule has 11 nitrogen and oxygen atoms in total. The number of rotatable bonds is 8. The highest BCUT2D eigenvalue weighted by Crippen LogP contribution is 2.29. The second kappa shape index (κ2) is 10.0. The Kier molecular flexibility index (Phi) is 6.87. The Morgan fingerprint density at radius 2 is 1.97 bits per heavy atom. The maximum absolute atomic E-state index is 13.3. The van der Waals surface area contributed by atoms with Crippen LogP contribution in [0.1, 0.15) is 23.8 Å². The largest absolute Gasteiger partial charge is 0.461 e. The zero-order chi connectivity index (χ0) is 25.1. The van der Waals surface area contributed by atoms with Gasteiger partial charge < -0.3 is 9.73 Å². The van der Waals surface area contributed by atoms with E-state index in [0.717, 1.165) is 39.2 Å². The lowest BCUT2D eigenvalue weighted by Gasteiger charge is -2.41. The lowest BCUT2D eigenvalue weighted by molar-refractivity contribution is -0.121. The molecule has 0 saturated carbocycles. The molecular weight excluding hydrogens is 474 g/mol. The maximum Gasteiger partial charge on any atom is 0.332 e. The van der Waals surface area contributed by atoms with Gasteiger partial charge in [-0.1, -0.05) is 35.9 Å². The number of nitrogens with one attached hydrogen (secondary N) is 4.